The summed E-state index contributed by atoms with van der Waals surface area (Å²) in [5.74, 6) is -0.147. The first kappa shape index (κ1) is 19.7. The van der Waals surface area contributed by atoms with Crippen molar-refractivity contribution in [2.45, 2.75) is 19.9 Å². The molecule has 3 heterocycles. The fraction of sp³-hybridized carbons (Fsp3) is 0.360. The number of rotatable bonds is 2. The van der Waals surface area contributed by atoms with Crippen molar-refractivity contribution in [3.8, 4) is 11.9 Å². The molecule has 2 aromatic carbocycles. The van der Waals surface area contributed by atoms with Gasteiger partial charge in [-0.3, -0.25) is 0 Å². The summed E-state index contributed by atoms with van der Waals surface area (Å²) in [5.41, 5.74) is 5.67. The molecule has 0 amide bonds. The van der Waals surface area contributed by atoms with E-state index in [2.05, 4.69) is 76.1 Å². The Morgan fingerprint density at radius 1 is 1.00 bits per heavy atom. The van der Waals surface area contributed by atoms with Crippen LogP contribution in [-0.4, -0.2) is 54.8 Å². The first-order chi connectivity index (χ1) is 15.1. The minimum atomic E-state index is -0.147. The van der Waals surface area contributed by atoms with Crippen LogP contribution in [0, 0.1) is 18.3 Å². The third kappa shape index (κ3) is 3.35. The second-order valence-electron chi connectivity index (χ2n) is 8.61. The van der Waals surface area contributed by atoms with Crippen LogP contribution in [0.2, 0.25) is 0 Å². The predicted molar refractivity (Wildman–Crippen MR) is 124 cm³/mol. The molecule has 2 aliphatic heterocycles. The average molecular weight is 414 g/mol. The maximum Gasteiger partial charge on any atom is 0.231 e. The van der Waals surface area contributed by atoms with Gasteiger partial charge in [0.15, 0.2) is 0 Å². The van der Waals surface area contributed by atoms with Gasteiger partial charge in [-0.15, -0.1) is 0 Å². The lowest BCUT2D eigenvalue weighted by Crippen LogP contribution is -2.45. The van der Waals surface area contributed by atoms with Gasteiger partial charge in [-0.2, -0.15) is 5.26 Å². The molecule has 0 saturated carbocycles. The minimum Gasteiger partial charge on any atom is -0.492 e. The Balaban J connectivity index is 1.57. The van der Waals surface area contributed by atoms with E-state index >= 15 is 0 Å². The minimum absolute atomic E-state index is 0.147. The molecule has 0 unspecified atom stereocenters. The fourth-order valence-corrected chi connectivity index (χ4v) is 5.00. The van der Waals surface area contributed by atoms with Gasteiger partial charge >= 0.3 is 0 Å². The SMILES string of the molecule is Cc1cccc2cccc(N3CCc4c(nc(O)c(C#N)c4N4CCN(C)CC4)C3)c12. The van der Waals surface area contributed by atoms with Crippen molar-refractivity contribution < 1.29 is 5.11 Å². The highest BCUT2D eigenvalue weighted by atomic mass is 16.3. The zero-order valence-electron chi connectivity index (χ0n) is 18.1. The summed E-state index contributed by atoms with van der Waals surface area (Å²) in [6, 6.07) is 15.0. The van der Waals surface area contributed by atoms with E-state index < -0.39 is 0 Å². The number of hydrogen-bond acceptors (Lipinski definition) is 6. The number of anilines is 2. The smallest absolute Gasteiger partial charge is 0.231 e. The van der Waals surface area contributed by atoms with Crippen LogP contribution >= 0.6 is 0 Å². The van der Waals surface area contributed by atoms with Gasteiger partial charge in [-0.05, 0) is 37.4 Å². The molecule has 0 aliphatic carbocycles. The Morgan fingerprint density at radius 2 is 1.74 bits per heavy atom. The van der Waals surface area contributed by atoms with Crippen molar-refractivity contribution in [1.29, 1.82) is 5.26 Å². The van der Waals surface area contributed by atoms with E-state index in [0.29, 0.717) is 12.1 Å². The van der Waals surface area contributed by atoms with Crippen LogP contribution in [-0.2, 0) is 13.0 Å². The number of nitrogens with zero attached hydrogens (tertiary/aromatic N) is 5. The van der Waals surface area contributed by atoms with Crippen LogP contribution < -0.4 is 9.80 Å². The van der Waals surface area contributed by atoms with Gasteiger partial charge in [0.2, 0.25) is 5.88 Å². The molecule has 6 heteroatoms. The number of hydrogen-bond donors (Lipinski definition) is 1. The number of aromatic nitrogens is 1. The van der Waals surface area contributed by atoms with Crippen LogP contribution in [0.1, 0.15) is 22.4 Å². The molecular weight excluding hydrogens is 386 g/mol. The monoisotopic (exact) mass is 413 g/mol. The Bertz CT molecular complexity index is 1190. The molecule has 0 radical (unpaired) electrons. The summed E-state index contributed by atoms with van der Waals surface area (Å²) < 4.78 is 0. The summed E-state index contributed by atoms with van der Waals surface area (Å²) in [4.78, 5) is 11.4. The van der Waals surface area contributed by atoms with Crippen LogP contribution in [0.3, 0.4) is 0 Å². The lowest BCUT2D eigenvalue weighted by molar-refractivity contribution is 0.312. The van der Waals surface area contributed by atoms with Gasteiger partial charge in [0.1, 0.15) is 11.6 Å². The molecule has 1 fully saturated rings. The van der Waals surface area contributed by atoms with E-state index in [1.54, 1.807) is 0 Å². The molecule has 0 bridgehead atoms. The average Bonchev–Trinajstić information content (AvgIpc) is 2.78. The van der Waals surface area contributed by atoms with E-state index in [1.165, 1.54) is 22.0 Å². The van der Waals surface area contributed by atoms with Crippen molar-refractivity contribution in [3.63, 3.8) is 0 Å². The third-order valence-corrected chi connectivity index (χ3v) is 6.67. The van der Waals surface area contributed by atoms with Gasteiger partial charge in [0.25, 0.3) is 0 Å². The molecule has 6 nitrogen and oxygen atoms in total. The Morgan fingerprint density at radius 3 is 2.48 bits per heavy atom. The Kier molecular flexibility index (Phi) is 4.91. The van der Waals surface area contributed by atoms with Crippen molar-refractivity contribution in [2.24, 2.45) is 0 Å². The van der Waals surface area contributed by atoms with Crippen LogP contribution in [0.5, 0.6) is 5.88 Å². The van der Waals surface area contributed by atoms with E-state index in [4.69, 9.17) is 0 Å². The number of pyridine rings is 1. The molecule has 1 aromatic heterocycles. The Hall–Kier alpha value is -3.30. The van der Waals surface area contributed by atoms with Crippen molar-refractivity contribution in [2.75, 3.05) is 49.6 Å². The number of piperazine rings is 1. The molecule has 1 saturated heterocycles. The molecule has 31 heavy (non-hydrogen) atoms. The van der Waals surface area contributed by atoms with Crippen molar-refractivity contribution in [1.82, 2.24) is 9.88 Å². The lowest BCUT2D eigenvalue weighted by Gasteiger charge is -2.38. The molecule has 5 rings (SSSR count). The predicted octanol–water partition coefficient (Wildman–Crippen LogP) is 3.44. The van der Waals surface area contributed by atoms with Gasteiger partial charge in [0.05, 0.1) is 17.9 Å². The summed E-state index contributed by atoms with van der Waals surface area (Å²) >= 11 is 0. The summed E-state index contributed by atoms with van der Waals surface area (Å²) in [6.45, 7) is 7.24. The lowest BCUT2D eigenvalue weighted by atomic mass is 9.96. The summed E-state index contributed by atoms with van der Waals surface area (Å²) in [7, 11) is 2.12. The standard InChI is InChI=1S/C25H27N5O/c1-17-5-3-6-18-7-4-8-22(23(17)18)30-10-9-19-21(16-30)27-25(31)20(15-26)24(19)29-13-11-28(2)12-14-29/h3-8H,9-14,16H2,1-2H3,(H,27,31). The number of aryl methyl sites for hydroxylation is 1. The third-order valence-electron chi connectivity index (χ3n) is 6.67. The second kappa shape index (κ2) is 7.75. The van der Waals surface area contributed by atoms with E-state index in [-0.39, 0.29) is 5.88 Å². The zero-order valence-corrected chi connectivity index (χ0v) is 18.1. The number of nitriles is 1. The van der Waals surface area contributed by atoms with Gasteiger partial charge in [-0.1, -0.05) is 30.3 Å². The van der Waals surface area contributed by atoms with E-state index in [9.17, 15) is 10.4 Å². The topological polar surface area (TPSA) is 66.6 Å². The molecule has 0 atom stereocenters. The first-order valence-corrected chi connectivity index (χ1v) is 10.9. The molecular formula is C25H27N5O. The zero-order chi connectivity index (χ0) is 21.5. The number of likely N-dealkylation sites (N-methyl/N-ethyl adjacent to an activating group) is 1. The second-order valence-corrected chi connectivity index (χ2v) is 8.61. The highest BCUT2D eigenvalue weighted by Gasteiger charge is 2.29. The van der Waals surface area contributed by atoms with Crippen LogP contribution in [0.25, 0.3) is 10.8 Å². The number of fused-ring (bicyclic) bond motifs is 2. The highest BCUT2D eigenvalue weighted by Crippen LogP contribution is 2.38. The maximum absolute atomic E-state index is 10.6. The van der Waals surface area contributed by atoms with Crippen LogP contribution in [0.15, 0.2) is 36.4 Å². The highest BCUT2D eigenvalue weighted by molar-refractivity contribution is 5.97. The molecule has 3 aromatic rings. The number of aromatic hydroxyl groups is 1. The van der Waals surface area contributed by atoms with Gasteiger partial charge < -0.3 is 19.8 Å². The van der Waals surface area contributed by atoms with E-state index in [1.807, 2.05) is 0 Å². The number of benzene rings is 2. The fourth-order valence-electron chi connectivity index (χ4n) is 5.00. The summed E-state index contributed by atoms with van der Waals surface area (Å²) in [6.07, 6.45) is 0.807. The molecule has 0 spiro atoms. The van der Waals surface area contributed by atoms with Gasteiger partial charge in [-0.25, -0.2) is 4.98 Å². The quantitative estimate of drug-likeness (QED) is 0.694. The molecule has 158 valence electrons. The first-order valence-electron chi connectivity index (χ1n) is 10.9. The molecule has 1 N–H and O–H groups in total. The van der Waals surface area contributed by atoms with Gasteiger partial charge in [0, 0.05) is 49.4 Å². The summed E-state index contributed by atoms with van der Waals surface area (Å²) in [5, 5.41) is 22.9. The van der Waals surface area contributed by atoms with Crippen LogP contribution in [0.4, 0.5) is 11.4 Å². The molecule has 2 aliphatic rings. The van der Waals surface area contributed by atoms with Crippen molar-refractivity contribution in [3.05, 3.63) is 58.8 Å². The van der Waals surface area contributed by atoms with E-state index in [0.717, 1.165) is 56.1 Å². The normalized spacial score (nSPS) is 16.9. The Labute approximate surface area is 182 Å². The van der Waals surface area contributed by atoms with Crippen molar-refractivity contribution >= 4 is 22.1 Å². The largest absolute Gasteiger partial charge is 0.492 e. The maximum atomic E-state index is 10.6.